The molecule has 0 bridgehead atoms. The molecule has 144 valence electrons. The average Bonchev–Trinajstić information content (AvgIpc) is 3.16. The number of anilines is 1. The number of piperazine rings is 1. The van der Waals surface area contributed by atoms with Crippen molar-refractivity contribution in [2.24, 2.45) is 0 Å². The van der Waals surface area contributed by atoms with Crippen LogP contribution in [0.2, 0.25) is 0 Å². The molecule has 0 radical (unpaired) electrons. The van der Waals surface area contributed by atoms with E-state index in [4.69, 9.17) is 0 Å². The molecule has 3 aromatic rings. The van der Waals surface area contributed by atoms with Gasteiger partial charge in [0.05, 0.1) is 6.42 Å². The zero-order valence-corrected chi connectivity index (χ0v) is 16.2. The van der Waals surface area contributed by atoms with E-state index in [2.05, 4.69) is 27.0 Å². The van der Waals surface area contributed by atoms with Crippen LogP contribution in [0.3, 0.4) is 0 Å². The van der Waals surface area contributed by atoms with Crippen molar-refractivity contribution in [3.8, 4) is 5.82 Å². The number of nitrogens with zero attached hydrogens (tertiary/aromatic N) is 6. The third kappa shape index (κ3) is 3.88. The van der Waals surface area contributed by atoms with E-state index in [-0.39, 0.29) is 5.91 Å². The van der Waals surface area contributed by atoms with Crippen molar-refractivity contribution in [1.29, 1.82) is 0 Å². The van der Waals surface area contributed by atoms with Gasteiger partial charge in [0.1, 0.15) is 5.82 Å². The summed E-state index contributed by atoms with van der Waals surface area (Å²) in [6, 6.07) is 12.1. The smallest absolute Gasteiger partial charge is 0.227 e. The summed E-state index contributed by atoms with van der Waals surface area (Å²) in [7, 11) is 0. The van der Waals surface area contributed by atoms with Crippen molar-refractivity contribution in [3.05, 3.63) is 65.7 Å². The number of hydrogen-bond donors (Lipinski definition) is 0. The molecule has 4 rings (SSSR count). The van der Waals surface area contributed by atoms with E-state index >= 15 is 0 Å². The number of rotatable bonds is 4. The first-order valence-corrected chi connectivity index (χ1v) is 9.52. The van der Waals surface area contributed by atoms with Crippen LogP contribution in [-0.2, 0) is 11.2 Å². The van der Waals surface area contributed by atoms with E-state index in [1.54, 1.807) is 6.20 Å². The molecule has 0 spiro atoms. The fraction of sp³-hybridized carbons (Fsp3) is 0.333. The molecule has 0 unspecified atom stereocenters. The second-order valence-electron chi connectivity index (χ2n) is 7.12. The maximum Gasteiger partial charge on any atom is 0.227 e. The Morgan fingerprint density at radius 1 is 0.929 bits per heavy atom. The summed E-state index contributed by atoms with van der Waals surface area (Å²) >= 11 is 0. The van der Waals surface area contributed by atoms with Gasteiger partial charge in [-0.1, -0.05) is 29.8 Å². The minimum atomic E-state index is 0.181. The van der Waals surface area contributed by atoms with Crippen molar-refractivity contribution in [1.82, 2.24) is 24.6 Å². The van der Waals surface area contributed by atoms with E-state index < -0.39 is 0 Å². The number of aromatic nitrogens is 4. The van der Waals surface area contributed by atoms with Crippen LogP contribution in [0.4, 0.5) is 5.82 Å². The molecule has 1 saturated heterocycles. The minimum absolute atomic E-state index is 0.181. The highest BCUT2D eigenvalue weighted by Crippen LogP contribution is 2.16. The van der Waals surface area contributed by atoms with Crippen LogP contribution < -0.4 is 4.90 Å². The first-order valence-electron chi connectivity index (χ1n) is 9.52. The number of amides is 1. The van der Waals surface area contributed by atoms with Gasteiger partial charge in [-0.3, -0.25) is 9.36 Å². The normalized spacial score (nSPS) is 14.4. The first-order chi connectivity index (χ1) is 13.6. The molecule has 28 heavy (non-hydrogen) atoms. The summed E-state index contributed by atoms with van der Waals surface area (Å²) in [4.78, 5) is 20.9. The lowest BCUT2D eigenvalue weighted by molar-refractivity contribution is -0.130. The molecule has 0 atom stereocenters. The van der Waals surface area contributed by atoms with Gasteiger partial charge in [0, 0.05) is 38.6 Å². The summed E-state index contributed by atoms with van der Waals surface area (Å²) in [5, 5.41) is 8.69. The zero-order chi connectivity index (χ0) is 19.5. The number of carbonyl (C=O) groups excluding carboxylic acids is 1. The largest absolute Gasteiger partial charge is 0.352 e. The van der Waals surface area contributed by atoms with Crippen molar-refractivity contribution >= 4 is 11.7 Å². The molecule has 1 aliphatic heterocycles. The summed E-state index contributed by atoms with van der Waals surface area (Å²) in [5.41, 5.74) is 2.27. The standard InChI is InChI=1S/C21H24N6O/c1-16-3-5-18(6-4-16)15-21(28)26-13-11-25(12-14-26)19-7-8-20(24-23-19)27-10-9-22-17(27)2/h3-10H,11-15H2,1-2H3. The molecule has 7 heteroatoms. The lowest BCUT2D eigenvalue weighted by Crippen LogP contribution is -2.49. The van der Waals surface area contributed by atoms with Gasteiger partial charge in [0.2, 0.25) is 5.91 Å². The third-order valence-electron chi connectivity index (χ3n) is 5.14. The van der Waals surface area contributed by atoms with E-state index in [1.165, 1.54) is 5.56 Å². The molecule has 2 aromatic heterocycles. The lowest BCUT2D eigenvalue weighted by Gasteiger charge is -2.35. The predicted octanol–water partition coefficient (Wildman–Crippen LogP) is 2.17. The van der Waals surface area contributed by atoms with Crippen molar-refractivity contribution in [2.75, 3.05) is 31.1 Å². The Kier molecular flexibility index (Phi) is 5.06. The quantitative estimate of drug-likeness (QED) is 0.698. The molecule has 1 amide bonds. The predicted molar refractivity (Wildman–Crippen MR) is 108 cm³/mol. The topological polar surface area (TPSA) is 67.2 Å². The fourth-order valence-electron chi connectivity index (χ4n) is 3.41. The van der Waals surface area contributed by atoms with Crippen molar-refractivity contribution in [2.45, 2.75) is 20.3 Å². The van der Waals surface area contributed by atoms with Gasteiger partial charge >= 0.3 is 0 Å². The van der Waals surface area contributed by atoms with E-state index in [0.29, 0.717) is 19.5 Å². The summed E-state index contributed by atoms with van der Waals surface area (Å²) in [6.45, 7) is 6.91. The summed E-state index contributed by atoms with van der Waals surface area (Å²) < 4.78 is 1.90. The summed E-state index contributed by atoms with van der Waals surface area (Å²) in [5.74, 6) is 2.65. The number of aryl methyl sites for hydroxylation is 2. The molecule has 1 aliphatic rings. The fourth-order valence-corrected chi connectivity index (χ4v) is 3.41. The average molecular weight is 376 g/mol. The summed E-state index contributed by atoms with van der Waals surface area (Å²) in [6.07, 6.45) is 4.08. The molecular weight excluding hydrogens is 352 g/mol. The maximum atomic E-state index is 12.6. The van der Waals surface area contributed by atoms with Gasteiger partial charge in [0.15, 0.2) is 11.6 Å². The molecule has 1 aromatic carbocycles. The number of benzene rings is 1. The molecule has 7 nitrogen and oxygen atoms in total. The highest BCUT2D eigenvalue weighted by atomic mass is 16.2. The number of hydrogen-bond acceptors (Lipinski definition) is 5. The molecule has 1 fully saturated rings. The van der Waals surface area contributed by atoms with Crippen LogP contribution in [0.15, 0.2) is 48.8 Å². The van der Waals surface area contributed by atoms with Gasteiger partial charge in [-0.05, 0) is 31.5 Å². The second-order valence-corrected chi connectivity index (χ2v) is 7.12. The van der Waals surface area contributed by atoms with Crippen LogP contribution >= 0.6 is 0 Å². The van der Waals surface area contributed by atoms with Gasteiger partial charge in [-0.2, -0.15) is 0 Å². The van der Waals surface area contributed by atoms with Crippen LogP contribution in [0.5, 0.6) is 0 Å². The minimum Gasteiger partial charge on any atom is -0.352 e. The van der Waals surface area contributed by atoms with Crippen LogP contribution in [0.25, 0.3) is 5.82 Å². The van der Waals surface area contributed by atoms with E-state index in [0.717, 1.165) is 36.1 Å². The molecule has 0 saturated carbocycles. The van der Waals surface area contributed by atoms with Crippen molar-refractivity contribution in [3.63, 3.8) is 0 Å². The number of imidazole rings is 1. The van der Waals surface area contributed by atoms with E-state index in [9.17, 15) is 4.79 Å². The molecule has 3 heterocycles. The third-order valence-corrected chi connectivity index (χ3v) is 5.14. The van der Waals surface area contributed by atoms with Gasteiger partial charge in [-0.15, -0.1) is 10.2 Å². The Labute approximate surface area is 164 Å². The Morgan fingerprint density at radius 2 is 1.61 bits per heavy atom. The zero-order valence-electron chi connectivity index (χ0n) is 16.2. The molecule has 0 aliphatic carbocycles. The van der Waals surface area contributed by atoms with E-state index in [1.807, 2.05) is 59.0 Å². The van der Waals surface area contributed by atoms with Crippen LogP contribution in [-0.4, -0.2) is 56.7 Å². The monoisotopic (exact) mass is 376 g/mol. The highest BCUT2D eigenvalue weighted by Gasteiger charge is 2.22. The van der Waals surface area contributed by atoms with Crippen LogP contribution in [0, 0.1) is 13.8 Å². The first kappa shape index (κ1) is 18.2. The lowest BCUT2D eigenvalue weighted by atomic mass is 10.1. The van der Waals surface area contributed by atoms with Crippen LogP contribution in [0.1, 0.15) is 17.0 Å². The SMILES string of the molecule is Cc1ccc(CC(=O)N2CCN(c3ccc(-n4ccnc4C)nn3)CC2)cc1. The van der Waals surface area contributed by atoms with Gasteiger partial charge in [-0.25, -0.2) is 4.98 Å². The van der Waals surface area contributed by atoms with Gasteiger partial charge < -0.3 is 9.80 Å². The maximum absolute atomic E-state index is 12.6. The molecule has 0 N–H and O–H groups in total. The highest BCUT2D eigenvalue weighted by molar-refractivity contribution is 5.79. The Hall–Kier alpha value is -3.22. The Balaban J connectivity index is 1.34. The van der Waals surface area contributed by atoms with Gasteiger partial charge in [0.25, 0.3) is 0 Å². The molecular formula is C21H24N6O. The Bertz CT molecular complexity index is 940. The Morgan fingerprint density at radius 3 is 2.21 bits per heavy atom. The second kappa shape index (κ2) is 7.80. The number of carbonyl (C=O) groups is 1. The van der Waals surface area contributed by atoms with Crippen molar-refractivity contribution < 1.29 is 4.79 Å².